The van der Waals surface area contributed by atoms with E-state index in [4.69, 9.17) is 0 Å². The molecule has 6 nitrogen and oxygen atoms in total. The molecule has 1 aliphatic carbocycles. The summed E-state index contributed by atoms with van der Waals surface area (Å²) in [5.41, 5.74) is 1.03. The summed E-state index contributed by atoms with van der Waals surface area (Å²) < 4.78 is 26.8. The van der Waals surface area contributed by atoms with Crippen molar-refractivity contribution in [2.45, 2.75) is 31.2 Å². The standard InChI is InChI=1S/C15H24N4O2S.HI/c1-11-4-6-13(7-5-11)22(20,21)18-9-8-17-15(16-3)19-14-10-12(14)2;/h4-7,12,14,18H,8-10H2,1-3H3,(H2,16,17,19);1H. The molecule has 0 aliphatic heterocycles. The first-order chi connectivity index (χ1) is 10.4. The highest BCUT2D eigenvalue weighted by atomic mass is 127. The van der Waals surface area contributed by atoms with Gasteiger partial charge in [0.1, 0.15) is 0 Å². The van der Waals surface area contributed by atoms with Gasteiger partial charge in [-0.05, 0) is 31.4 Å². The Morgan fingerprint density at radius 2 is 1.87 bits per heavy atom. The van der Waals surface area contributed by atoms with E-state index in [-0.39, 0.29) is 28.9 Å². The predicted octanol–water partition coefficient (Wildman–Crippen LogP) is 1.46. The van der Waals surface area contributed by atoms with Gasteiger partial charge in [-0.3, -0.25) is 4.99 Å². The van der Waals surface area contributed by atoms with Crippen molar-refractivity contribution in [1.29, 1.82) is 0 Å². The van der Waals surface area contributed by atoms with Gasteiger partial charge in [-0.25, -0.2) is 13.1 Å². The Balaban J connectivity index is 0.00000264. The largest absolute Gasteiger partial charge is 0.355 e. The minimum Gasteiger partial charge on any atom is -0.355 e. The molecule has 2 unspecified atom stereocenters. The Morgan fingerprint density at radius 3 is 2.39 bits per heavy atom. The summed E-state index contributed by atoms with van der Waals surface area (Å²) in [6, 6.07) is 7.28. The number of sulfonamides is 1. The topological polar surface area (TPSA) is 82.6 Å². The van der Waals surface area contributed by atoms with Crippen LogP contribution >= 0.6 is 24.0 Å². The van der Waals surface area contributed by atoms with Crippen LogP contribution in [-0.4, -0.2) is 40.6 Å². The van der Waals surface area contributed by atoms with Gasteiger partial charge in [-0.15, -0.1) is 24.0 Å². The third-order valence-electron chi connectivity index (χ3n) is 3.70. The van der Waals surface area contributed by atoms with Crippen LogP contribution in [0.2, 0.25) is 0 Å². The molecule has 2 atom stereocenters. The maximum atomic E-state index is 12.1. The van der Waals surface area contributed by atoms with Gasteiger partial charge in [0, 0.05) is 26.2 Å². The van der Waals surface area contributed by atoms with E-state index in [1.54, 1.807) is 31.3 Å². The molecule has 0 aromatic heterocycles. The first-order valence-corrected chi connectivity index (χ1v) is 8.94. The second-order valence-electron chi connectivity index (χ2n) is 5.67. The Bertz CT molecular complexity index is 631. The van der Waals surface area contributed by atoms with E-state index >= 15 is 0 Å². The van der Waals surface area contributed by atoms with Crippen molar-refractivity contribution >= 4 is 40.0 Å². The first kappa shape index (κ1) is 20.2. The number of hydrogen-bond acceptors (Lipinski definition) is 3. The highest BCUT2D eigenvalue weighted by Gasteiger charge is 2.33. The molecule has 0 radical (unpaired) electrons. The van der Waals surface area contributed by atoms with Crippen LogP contribution in [0.25, 0.3) is 0 Å². The fourth-order valence-electron chi connectivity index (χ4n) is 2.06. The molecule has 2 rings (SSSR count). The second-order valence-corrected chi connectivity index (χ2v) is 7.44. The number of hydrogen-bond donors (Lipinski definition) is 3. The average Bonchev–Trinajstić information content (AvgIpc) is 3.18. The van der Waals surface area contributed by atoms with Crippen LogP contribution in [0.5, 0.6) is 0 Å². The van der Waals surface area contributed by atoms with Crippen molar-refractivity contribution in [2.75, 3.05) is 20.1 Å². The summed E-state index contributed by atoms with van der Waals surface area (Å²) in [4.78, 5) is 4.41. The molecule has 8 heteroatoms. The predicted molar refractivity (Wildman–Crippen MR) is 104 cm³/mol. The van der Waals surface area contributed by atoms with Crippen molar-refractivity contribution in [2.24, 2.45) is 10.9 Å². The number of halogens is 1. The fraction of sp³-hybridized carbons (Fsp3) is 0.533. The van der Waals surface area contributed by atoms with Crippen LogP contribution < -0.4 is 15.4 Å². The lowest BCUT2D eigenvalue weighted by Gasteiger charge is -2.12. The highest BCUT2D eigenvalue weighted by Crippen LogP contribution is 2.28. The van der Waals surface area contributed by atoms with Crippen molar-refractivity contribution in [3.05, 3.63) is 29.8 Å². The van der Waals surface area contributed by atoms with E-state index in [1.807, 2.05) is 6.92 Å². The van der Waals surface area contributed by atoms with E-state index in [0.29, 0.717) is 31.0 Å². The third-order valence-corrected chi connectivity index (χ3v) is 5.17. The lowest BCUT2D eigenvalue weighted by atomic mass is 10.2. The molecule has 1 saturated carbocycles. The number of rotatable bonds is 6. The molecule has 1 fully saturated rings. The van der Waals surface area contributed by atoms with Gasteiger partial charge in [-0.2, -0.15) is 0 Å². The SMILES string of the molecule is CN=C(NCCNS(=O)(=O)c1ccc(C)cc1)NC1CC1C.I. The molecule has 1 aromatic carbocycles. The first-order valence-electron chi connectivity index (χ1n) is 7.46. The summed E-state index contributed by atoms with van der Waals surface area (Å²) >= 11 is 0. The Morgan fingerprint density at radius 1 is 1.26 bits per heavy atom. The van der Waals surface area contributed by atoms with Crippen molar-refractivity contribution in [3.63, 3.8) is 0 Å². The van der Waals surface area contributed by atoms with Crippen molar-refractivity contribution < 1.29 is 8.42 Å². The minimum atomic E-state index is -3.45. The van der Waals surface area contributed by atoms with Crippen LogP contribution in [-0.2, 0) is 10.0 Å². The number of guanidine groups is 1. The molecular formula is C15H25IN4O2S. The second kappa shape index (κ2) is 8.84. The monoisotopic (exact) mass is 452 g/mol. The fourth-order valence-corrected chi connectivity index (χ4v) is 3.09. The van der Waals surface area contributed by atoms with E-state index in [1.165, 1.54) is 0 Å². The highest BCUT2D eigenvalue weighted by molar-refractivity contribution is 14.0. The minimum absolute atomic E-state index is 0. The van der Waals surface area contributed by atoms with Crippen LogP contribution in [0.4, 0.5) is 0 Å². The Hall–Kier alpha value is -0.870. The molecule has 1 aromatic rings. The molecule has 3 N–H and O–H groups in total. The maximum Gasteiger partial charge on any atom is 0.240 e. The summed E-state index contributed by atoms with van der Waals surface area (Å²) in [6.07, 6.45) is 1.15. The zero-order valence-corrected chi connectivity index (χ0v) is 16.8. The molecule has 0 saturated heterocycles. The van der Waals surface area contributed by atoms with Gasteiger partial charge in [0.05, 0.1) is 4.90 Å². The average molecular weight is 452 g/mol. The number of aryl methyl sites for hydroxylation is 1. The number of nitrogens with one attached hydrogen (secondary N) is 3. The summed E-state index contributed by atoms with van der Waals surface area (Å²) in [6.45, 7) is 4.89. The Labute approximate surface area is 155 Å². The van der Waals surface area contributed by atoms with Crippen molar-refractivity contribution in [1.82, 2.24) is 15.4 Å². The van der Waals surface area contributed by atoms with E-state index in [9.17, 15) is 8.42 Å². The zero-order valence-electron chi connectivity index (χ0n) is 13.7. The lowest BCUT2D eigenvalue weighted by molar-refractivity contribution is 0.580. The summed E-state index contributed by atoms with van der Waals surface area (Å²) in [7, 11) is -1.74. The van der Waals surface area contributed by atoms with E-state index < -0.39 is 10.0 Å². The van der Waals surface area contributed by atoms with Crippen molar-refractivity contribution in [3.8, 4) is 0 Å². The molecule has 130 valence electrons. The van der Waals surface area contributed by atoms with Gasteiger partial charge >= 0.3 is 0 Å². The van der Waals surface area contributed by atoms with Gasteiger partial charge in [0.25, 0.3) is 0 Å². The van der Waals surface area contributed by atoms with Gasteiger partial charge < -0.3 is 10.6 Å². The number of nitrogens with zero attached hydrogens (tertiary/aromatic N) is 1. The zero-order chi connectivity index (χ0) is 16.2. The van der Waals surface area contributed by atoms with Gasteiger partial charge in [0.2, 0.25) is 10.0 Å². The molecule has 0 spiro atoms. The smallest absolute Gasteiger partial charge is 0.240 e. The quantitative estimate of drug-likeness (QED) is 0.264. The maximum absolute atomic E-state index is 12.1. The Kier molecular flexibility index (Phi) is 7.75. The van der Waals surface area contributed by atoms with E-state index in [2.05, 4.69) is 27.3 Å². The number of benzene rings is 1. The van der Waals surface area contributed by atoms with E-state index in [0.717, 1.165) is 12.0 Å². The lowest BCUT2D eigenvalue weighted by Crippen LogP contribution is -2.42. The molecular weight excluding hydrogens is 427 g/mol. The van der Waals surface area contributed by atoms with Gasteiger partial charge in [-0.1, -0.05) is 24.6 Å². The summed E-state index contributed by atoms with van der Waals surface area (Å²) in [5, 5.41) is 6.39. The van der Waals surface area contributed by atoms with Crippen LogP contribution in [0.15, 0.2) is 34.2 Å². The molecule has 1 aliphatic rings. The molecule has 0 heterocycles. The molecule has 23 heavy (non-hydrogen) atoms. The molecule has 0 amide bonds. The normalized spacial score (nSPS) is 20.6. The third kappa shape index (κ3) is 6.27. The van der Waals surface area contributed by atoms with Crippen LogP contribution in [0.1, 0.15) is 18.9 Å². The summed E-state index contributed by atoms with van der Waals surface area (Å²) in [5.74, 6) is 1.39. The van der Waals surface area contributed by atoms with Crippen LogP contribution in [0, 0.1) is 12.8 Å². The number of aliphatic imine (C=N–C) groups is 1. The van der Waals surface area contributed by atoms with Gasteiger partial charge in [0.15, 0.2) is 5.96 Å². The van der Waals surface area contributed by atoms with Crippen LogP contribution in [0.3, 0.4) is 0 Å². The molecule has 0 bridgehead atoms.